The molecule has 0 bridgehead atoms. The predicted octanol–water partition coefficient (Wildman–Crippen LogP) is 1.62. The van der Waals surface area contributed by atoms with Crippen LogP contribution in [0.2, 0.25) is 0 Å². The number of carbonyl (C=O) groups is 2. The molecule has 1 fully saturated rings. The van der Waals surface area contributed by atoms with Gasteiger partial charge in [0.05, 0.1) is 6.04 Å². The summed E-state index contributed by atoms with van der Waals surface area (Å²) in [6, 6.07) is -0.918. The van der Waals surface area contributed by atoms with Gasteiger partial charge in [0.1, 0.15) is 6.04 Å². The molecule has 2 N–H and O–H groups in total. The summed E-state index contributed by atoms with van der Waals surface area (Å²) in [5.74, 6) is -0.971. The maximum Gasteiger partial charge on any atom is 0.326 e. The van der Waals surface area contributed by atoms with E-state index in [1.807, 2.05) is 6.92 Å². The van der Waals surface area contributed by atoms with E-state index in [4.69, 9.17) is 5.11 Å². The number of hydrogen-bond donors (Lipinski definition) is 2. The standard InChI is InChI=1S/C14H26N2O3/c1-3-4-5-6-9-15-11(2)13(17)16-10-7-8-12(16)14(18)19/h11-12,15H,3-10H2,1-2H3,(H,18,19)/t11-,12-/m0/s1. The number of hydrogen-bond acceptors (Lipinski definition) is 3. The van der Waals surface area contributed by atoms with Crippen LogP contribution in [0.25, 0.3) is 0 Å². The summed E-state index contributed by atoms with van der Waals surface area (Å²) < 4.78 is 0. The van der Waals surface area contributed by atoms with E-state index in [0.717, 1.165) is 19.4 Å². The van der Waals surface area contributed by atoms with E-state index in [0.29, 0.717) is 13.0 Å². The van der Waals surface area contributed by atoms with Gasteiger partial charge in [0.2, 0.25) is 5.91 Å². The van der Waals surface area contributed by atoms with E-state index >= 15 is 0 Å². The van der Waals surface area contributed by atoms with Crippen LogP contribution in [0.3, 0.4) is 0 Å². The lowest BCUT2D eigenvalue weighted by molar-refractivity contribution is -0.148. The molecule has 19 heavy (non-hydrogen) atoms. The smallest absolute Gasteiger partial charge is 0.326 e. The molecule has 0 aromatic carbocycles. The summed E-state index contributed by atoms with van der Waals surface area (Å²) in [5, 5.41) is 12.3. The molecular weight excluding hydrogens is 244 g/mol. The second-order valence-corrected chi connectivity index (χ2v) is 5.26. The molecule has 110 valence electrons. The van der Waals surface area contributed by atoms with Crippen LogP contribution in [0.4, 0.5) is 0 Å². The Morgan fingerprint density at radius 2 is 2.11 bits per heavy atom. The van der Waals surface area contributed by atoms with Gasteiger partial charge in [-0.25, -0.2) is 4.79 Å². The molecule has 0 spiro atoms. The minimum atomic E-state index is -0.888. The van der Waals surface area contributed by atoms with Crippen LogP contribution in [0.5, 0.6) is 0 Å². The zero-order valence-electron chi connectivity index (χ0n) is 12.0. The molecule has 0 radical (unpaired) electrons. The van der Waals surface area contributed by atoms with Gasteiger partial charge in [-0.3, -0.25) is 4.79 Å². The lowest BCUT2D eigenvalue weighted by Crippen LogP contribution is -2.49. The summed E-state index contributed by atoms with van der Waals surface area (Å²) in [5.41, 5.74) is 0. The van der Waals surface area contributed by atoms with Crippen LogP contribution < -0.4 is 5.32 Å². The molecule has 1 amide bonds. The zero-order valence-corrected chi connectivity index (χ0v) is 12.0. The van der Waals surface area contributed by atoms with Crippen molar-refractivity contribution in [2.75, 3.05) is 13.1 Å². The van der Waals surface area contributed by atoms with Crippen molar-refractivity contribution in [1.29, 1.82) is 0 Å². The normalized spacial score (nSPS) is 20.5. The Hall–Kier alpha value is -1.10. The van der Waals surface area contributed by atoms with Crippen LogP contribution >= 0.6 is 0 Å². The van der Waals surface area contributed by atoms with Gasteiger partial charge in [0, 0.05) is 6.54 Å². The number of carboxylic acid groups (broad SMARTS) is 1. The Morgan fingerprint density at radius 1 is 1.37 bits per heavy atom. The molecule has 0 unspecified atom stereocenters. The highest BCUT2D eigenvalue weighted by Crippen LogP contribution is 2.18. The molecule has 0 saturated carbocycles. The summed E-state index contributed by atoms with van der Waals surface area (Å²) >= 11 is 0. The van der Waals surface area contributed by atoms with Gasteiger partial charge < -0.3 is 15.3 Å². The number of likely N-dealkylation sites (tertiary alicyclic amines) is 1. The van der Waals surface area contributed by atoms with Crippen molar-refractivity contribution in [3.8, 4) is 0 Å². The number of unbranched alkanes of at least 4 members (excludes halogenated alkanes) is 3. The van der Waals surface area contributed by atoms with E-state index in [2.05, 4.69) is 12.2 Å². The third-order valence-corrected chi connectivity index (χ3v) is 3.67. The molecule has 1 aliphatic rings. The van der Waals surface area contributed by atoms with Gasteiger partial charge in [0.25, 0.3) is 0 Å². The van der Waals surface area contributed by atoms with Crippen molar-refractivity contribution in [2.24, 2.45) is 0 Å². The maximum atomic E-state index is 12.2. The summed E-state index contributed by atoms with van der Waals surface area (Å²) in [6.45, 7) is 5.37. The molecule has 0 aromatic rings. The Labute approximate surface area is 115 Å². The van der Waals surface area contributed by atoms with Crippen molar-refractivity contribution in [2.45, 2.75) is 64.5 Å². The molecule has 0 aliphatic carbocycles. The summed E-state index contributed by atoms with van der Waals surface area (Å²) in [6.07, 6.45) is 6.01. The van der Waals surface area contributed by atoms with Gasteiger partial charge in [-0.1, -0.05) is 26.2 Å². The molecule has 1 aliphatic heterocycles. The molecular formula is C14H26N2O3. The van der Waals surface area contributed by atoms with Crippen LogP contribution in [0.1, 0.15) is 52.4 Å². The first-order valence-electron chi connectivity index (χ1n) is 7.34. The van der Waals surface area contributed by atoms with Crippen molar-refractivity contribution in [1.82, 2.24) is 10.2 Å². The predicted molar refractivity (Wildman–Crippen MR) is 74.0 cm³/mol. The van der Waals surface area contributed by atoms with E-state index in [1.54, 1.807) is 0 Å². The Balaban J connectivity index is 2.33. The third-order valence-electron chi connectivity index (χ3n) is 3.67. The van der Waals surface area contributed by atoms with E-state index in [9.17, 15) is 9.59 Å². The summed E-state index contributed by atoms with van der Waals surface area (Å²) in [7, 11) is 0. The lowest BCUT2D eigenvalue weighted by atomic mass is 10.2. The van der Waals surface area contributed by atoms with E-state index < -0.39 is 12.0 Å². The first kappa shape index (κ1) is 16.0. The Morgan fingerprint density at radius 3 is 2.74 bits per heavy atom. The minimum absolute atomic E-state index is 0.0830. The van der Waals surface area contributed by atoms with Crippen LogP contribution in [-0.4, -0.2) is 47.1 Å². The highest BCUT2D eigenvalue weighted by atomic mass is 16.4. The largest absolute Gasteiger partial charge is 0.480 e. The number of nitrogens with one attached hydrogen (secondary N) is 1. The first-order chi connectivity index (χ1) is 9.07. The van der Waals surface area contributed by atoms with Gasteiger partial charge in [-0.15, -0.1) is 0 Å². The van der Waals surface area contributed by atoms with E-state index in [-0.39, 0.29) is 11.9 Å². The van der Waals surface area contributed by atoms with Gasteiger partial charge in [0.15, 0.2) is 0 Å². The second-order valence-electron chi connectivity index (χ2n) is 5.26. The number of amides is 1. The Kier molecular flexibility index (Phi) is 6.84. The van der Waals surface area contributed by atoms with Crippen LogP contribution in [-0.2, 0) is 9.59 Å². The monoisotopic (exact) mass is 270 g/mol. The SMILES string of the molecule is CCCCCCN[C@@H](C)C(=O)N1CCC[C@H]1C(=O)O. The topological polar surface area (TPSA) is 69.6 Å². The van der Waals surface area contributed by atoms with Crippen LogP contribution in [0, 0.1) is 0 Å². The van der Waals surface area contributed by atoms with Crippen molar-refractivity contribution >= 4 is 11.9 Å². The van der Waals surface area contributed by atoms with Crippen molar-refractivity contribution in [3.63, 3.8) is 0 Å². The number of nitrogens with zero attached hydrogens (tertiary/aromatic N) is 1. The minimum Gasteiger partial charge on any atom is -0.480 e. The van der Waals surface area contributed by atoms with Crippen molar-refractivity contribution < 1.29 is 14.7 Å². The fraction of sp³-hybridized carbons (Fsp3) is 0.857. The fourth-order valence-electron chi connectivity index (χ4n) is 2.49. The molecule has 1 saturated heterocycles. The fourth-order valence-corrected chi connectivity index (χ4v) is 2.49. The maximum absolute atomic E-state index is 12.2. The third kappa shape index (κ3) is 4.82. The zero-order chi connectivity index (χ0) is 14.3. The first-order valence-corrected chi connectivity index (χ1v) is 7.34. The quantitative estimate of drug-likeness (QED) is 0.658. The summed E-state index contributed by atoms with van der Waals surface area (Å²) in [4.78, 5) is 24.7. The molecule has 5 heteroatoms. The number of rotatable bonds is 8. The highest BCUT2D eigenvalue weighted by Gasteiger charge is 2.35. The van der Waals surface area contributed by atoms with Gasteiger partial charge in [-0.2, -0.15) is 0 Å². The van der Waals surface area contributed by atoms with Crippen molar-refractivity contribution in [3.05, 3.63) is 0 Å². The average Bonchev–Trinajstić information content (AvgIpc) is 2.86. The van der Waals surface area contributed by atoms with Gasteiger partial charge >= 0.3 is 5.97 Å². The average molecular weight is 270 g/mol. The number of carbonyl (C=O) groups excluding carboxylic acids is 1. The Bertz CT molecular complexity index is 307. The number of aliphatic carboxylic acids is 1. The molecule has 0 aromatic heterocycles. The molecule has 2 atom stereocenters. The molecule has 5 nitrogen and oxygen atoms in total. The van der Waals surface area contributed by atoms with E-state index in [1.165, 1.54) is 24.2 Å². The van der Waals surface area contributed by atoms with Crippen LogP contribution in [0.15, 0.2) is 0 Å². The van der Waals surface area contributed by atoms with Gasteiger partial charge in [-0.05, 0) is 32.7 Å². The molecule has 1 rings (SSSR count). The second kappa shape index (κ2) is 8.15. The lowest BCUT2D eigenvalue weighted by Gasteiger charge is -2.25. The number of carboxylic acids is 1. The highest BCUT2D eigenvalue weighted by molar-refractivity contribution is 5.87. The molecule has 1 heterocycles.